The minimum Gasteiger partial charge on any atom is -0.481 e. The van der Waals surface area contributed by atoms with E-state index in [9.17, 15) is 14.7 Å². The molecule has 120 valence electrons. The molecule has 0 aromatic heterocycles. The summed E-state index contributed by atoms with van der Waals surface area (Å²) in [6, 6.07) is 9.52. The molecule has 0 radical (unpaired) electrons. The number of ether oxygens (including phenoxy) is 1. The largest absolute Gasteiger partial charge is 0.481 e. The van der Waals surface area contributed by atoms with E-state index in [4.69, 9.17) is 17.0 Å². The summed E-state index contributed by atoms with van der Waals surface area (Å²) in [7, 11) is 0. The van der Waals surface area contributed by atoms with Gasteiger partial charge in [0.05, 0.1) is 4.99 Å². The number of thiocarbonyl (C=S) groups is 1. The summed E-state index contributed by atoms with van der Waals surface area (Å²) in [5.41, 5.74) is 0.358. The Bertz CT molecular complexity index is 537. The number of amides is 1. The van der Waals surface area contributed by atoms with Gasteiger partial charge >= 0.3 is 12.1 Å². The molecule has 1 aromatic carbocycles. The quantitative estimate of drug-likeness (QED) is 0.814. The molecule has 0 saturated heterocycles. The predicted molar refractivity (Wildman–Crippen MR) is 87.9 cm³/mol. The van der Waals surface area contributed by atoms with Crippen molar-refractivity contribution in [2.45, 2.75) is 39.2 Å². The van der Waals surface area contributed by atoms with Crippen LogP contribution in [0.2, 0.25) is 0 Å². The lowest BCUT2D eigenvalue weighted by molar-refractivity contribution is -0.139. The van der Waals surface area contributed by atoms with Crippen molar-refractivity contribution < 1.29 is 19.4 Å². The zero-order valence-electron chi connectivity index (χ0n) is 13.0. The zero-order chi connectivity index (χ0) is 16.8. The minimum absolute atomic E-state index is 0.0299. The van der Waals surface area contributed by atoms with Gasteiger partial charge in [0.1, 0.15) is 11.5 Å². The van der Waals surface area contributed by atoms with Crippen LogP contribution < -0.4 is 5.32 Å². The number of rotatable bonds is 5. The maximum absolute atomic E-state index is 11.7. The number of carbonyl (C=O) groups excluding carboxylic acids is 1. The third-order valence-corrected chi connectivity index (χ3v) is 3.19. The summed E-state index contributed by atoms with van der Waals surface area (Å²) in [6.07, 6.45) is 0.144. The lowest BCUT2D eigenvalue weighted by atomic mass is 9.99. The van der Waals surface area contributed by atoms with Gasteiger partial charge in [-0.1, -0.05) is 42.5 Å². The van der Waals surface area contributed by atoms with Crippen LogP contribution in [0.5, 0.6) is 0 Å². The lowest BCUT2D eigenvalue weighted by Crippen LogP contribution is -2.41. The van der Waals surface area contributed by atoms with Crippen molar-refractivity contribution in [1.82, 2.24) is 5.32 Å². The van der Waals surface area contributed by atoms with Gasteiger partial charge in [-0.2, -0.15) is 0 Å². The third kappa shape index (κ3) is 6.67. The molecule has 0 fully saturated rings. The molecule has 0 aliphatic heterocycles. The average molecular weight is 323 g/mol. The van der Waals surface area contributed by atoms with Crippen LogP contribution in [0.25, 0.3) is 0 Å². The van der Waals surface area contributed by atoms with E-state index in [1.54, 1.807) is 20.8 Å². The van der Waals surface area contributed by atoms with Crippen LogP contribution in [0.3, 0.4) is 0 Å². The molecule has 0 unspecified atom stereocenters. The van der Waals surface area contributed by atoms with Gasteiger partial charge in [0.15, 0.2) is 0 Å². The highest BCUT2D eigenvalue weighted by molar-refractivity contribution is 7.80. The molecule has 0 saturated carbocycles. The number of carboxylic acids is 1. The van der Waals surface area contributed by atoms with Gasteiger partial charge in [0, 0.05) is 0 Å². The Balaban J connectivity index is 2.61. The maximum Gasteiger partial charge on any atom is 0.412 e. The molecule has 2 N–H and O–H groups in total. The highest BCUT2D eigenvalue weighted by atomic mass is 32.1. The van der Waals surface area contributed by atoms with Crippen molar-refractivity contribution >= 4 is 29.3 Å². The summed E-state index contributed by atoms with van der Waals surface area (Å²) >= 11 is 5.04. The number of hydrogen-bond acceptors (Lipinski definition) is 4. The number of alkyl carbamates (subject to hydrolysis) is 1. The van der Waals surface area contributed by atoms with E-state index >= 15 is 0 Å². The second-order valence-corrected chi connectivity index (χ2v) is 6.35. The van der Waals surface area contributed by atoms with Crippen molar-refractivity contribution in [3.05, 3.63) is 35.9 Å². The number of carboxylic acid groups (broad SMARTS) is 1. The molecule has 0 aliphatic rings. The fraction of sp³-hybridized carbons (Fsp3) is 0.438. The Hall–Kier alpha value is -1.95. The molecule has 0 spiro atoms. The standard InChI is InChI=1S/C16H21NO4S/c1-16(2,3)21-15(20)17-13(22)12(14(18)19)10-9-11-7-5-4-6-8-11/h4-8,12H,9-10H2,1-3H3,(H,18,19)(H,17,20,22)/t12-/m1/s1. The smallest absolute Gasteiger partial charge is 0.412 e. The molecule has 22 heavy (non-hydrogen) atoms. The Labute approximate surface area is 135 Å². The van der Waals surface area contributed by atoms with E-state index in [1.165, 1.54) is 0 Å². The normalized spacial score (nSPS) is 12.3. The van der Waals surface area contributed by atoms with E-state index in [1.807, 2.05) is 30.3 Å². The van der Waals surface area contributed by atoms with Gasteiger partial charge in [-0.15, -0.1) is 0 Å². The number of benzene rings is 1. The van der Waals surface area contributed by atoms with E-state index in [0.717, 1.165) is 5.56 Å². The first-order valence-corrected chi connectivity index (χ1v) is 7.40. The zero-order valence-corrected chi connectivity index (χ0v) is 13.8. The SMILES string of the molecule is CC(C)(C)OC(=O)NC(=S)[C@@H](CCc1ccccc1)C(=O)O. The van der Waals surface area contributed by atoms with Crippen LogP contribution in [-0.2, 0) is 16.0 Å². The highest BCUT2D eigenvalue weighted by Gasteiger charge is 2.25. The maximum atomic E-state index is 11.7. The molecule has 1 aromatic rings. The Kier molecular flexibility index (Phi) is 6.49. The van der Waals surface area contributed by atoms with E-state index < -0.39 is 23.6 Å². The highest BCUT2D eigenvalue weighted by Crippen LogP contribution is 2.13. The fourth-order valence-corrected chi connectivity index (χ4v) is 2.12. The molecule has 0 aliphatic carbocycles. The predicted octanol–water partition coefficient (Wildman–Crippen LogP) is 3.17. The van der Waals surface area contributed by atoms with Crippen LogP contribution in [0.4, 0.5) is 4.79 Å². The van der Waals surface area contributed by atoms with Crippen molar-refractivity contribution in [1.29, 1.82) is 0 Å². The molecule has 0 heterocycles. The third-order valence-electron chi connectivity index (χ3n) is 2.80. The molecular weight excluding hydrogens is 302 g/mol. The van der Waals surface area contributed by atoms with Gasteiger partial charge in [-0.25, -0.2) is 4.79 Å². The number of hydrogen-bond donors (Lipinski definition) is 2. The van der Waals surface area contributed by atoms with Gasteiger partial charge in [-0.3, -0.25) is 10.1 Å². The molecule has 1 amide bonds. The second-order valence-electron chi connectivity index (χ2n) is 5.91. The van der Waals surface area contributed by atoms with Gasteiger partial charge in [0.2, 0.25) is 0 Å². The van der Waals surface area contributed by atoms with Crippen LogP contribution >= 0.6 is 12.2 Å². The summed E-state index contributed by atoms with van der Waals surface area (Å²) in [4.78, 5) is 23.0. The van der Waals surface area contributed by atoms with Gasteiger partial charge in [0.25, 0.3) is 0 Å². The fourth-order valence-electron chi connectivity index (χ4n) is 1.81. The van der Waals surface area contributed by atoms with Gasteiger partial charge in [-0.05, 0) is 39.2 Å². The second kappa shape index (κ2) is 7.89. The summed E-state index contributed by atoms with van der Waals surface area (Å²) < 4.78 is 5.07. The van der Waals surface area contributed by atoms with Crippen molar-refractivity contribution in [2.24, 2.45) is 5.92 Å². The molecule has 5 nitrogen and oxygen atoms in total. The first-order chi connectivity index (χ1) is 10.2. The van der Waals surface area contributed by atoms with Crippen molar-refractivity contribution in [3.63, 3.8) is 0 Å². The van der Waals surface area contributed by atoms with Crippen molar-refractivity contribution in [3.8, 4) is 0 Å². The van der Waals surface area contributed by atoms with Crippen LogP contribution in [-0.4, -0.2) is 27.8 Å². The number of aliphatic carboxylic acids is 1. The average Bonchev–Trinajstić information content (AvgIpc) is 2.37. The van der Waals surface area contributed by atoms with Crippen LogP contribution in [0.1, 0.15) is 32.8 Å². The summed E-state index contributed by atoms with van der Waals surface area (Å²) in [5, 5.41) is 11.6. The van der Waals surface area contributed by atoms with Crippen LogP contribution in [0, 0.1) is 5.92 Å². The Morgan fingerprint density at radius 1 is 1.27 bits per heavy atom. The Morgan fingerprint density at radius 2 is 1.86 bits per heavy atom. The molecule has 1 rings (SSSR count). The number of carbonyl (C=O) groups is 2. The number of nitrogens with one attached hydrogen (secondary N) is 1. The lowest BCUT2D eigenvalue weighted by Gasteiger charge is -2.21. The van der Waals surface area contributed by atoms with E-state index in [2.05, 4.69) is 5.32 Å². The first kappa shape index (κ1) is 18.1. The topological polar surface area (TPSA) is 75.6 Å². The first-order valence-electron chi connectivity index (χ1n) is 6.99. The monoisotopic (exact) mass is 323 g/mol. The van der Waals surface area contributed by atoms with Gasteiger partial charge < -0.3 is 9.84 Å². The molecule has 1 atom stereocenters. The molecule has 0 bridgehead atoms. The molecule has 6 heteroatoms. The van der Waals surface area contributed by atoms with E-state index in [-0.39, 0.29) is 4.99 Å². The Morgan fingerprint density at radius 3 is 2.36 bits per heavy atom. The van der Waals surface area contributed by atoms with Crippen molar-refractivity contribution in [2.75, 3.05) is 0 Å². The summed E-state index contributed by atoms with van der Waals surface area (Å²) in [6.45, 7) is 5.17. The number of aryl methyl sites for hydroxylation is 1. The van der Waals surface area contributed by atoms with Crippen LogP contribution in [0.15, 0.2) is 30.3 Å². The molecular formula is C16H21NO4S. The summed E-state index contributed by atoms with van der Waals surface area (Å²) in [5.74, 6) is -1.99. The minimum atomic E-state index is -1.06. The van der Waals surface area contributed by atoms with E-state index in [0.29, 0.717) is 12.8 Å².